The van der Waals surface area contributed by atoms with Crippen LogP contribution in [0, 0.1) is 0 Å². The van der Waals surface area contributed by atoms with Gasteiger partial charge in [-0.2, -0.15) is 0 Å². The summed E-state index contributed by atoms with van der Waals surface area (Å²) in [5, 5.41) is 96.0. The molecule has 0 aliphatic rings. The molecule has 672 valence electrons. The van der Waals surface area contributed by atoms with Crippen LogP contribution in [0.3, 0.4) is 0 Å². The summed E-state index contributed by atoms with van der Waals surface area (Å²) in [5.74, 6) is 4.94. The van der Waals surface area contributed by atoms with Crippen LogP contribution in [0.15, 0.2) is 224 Å². The number of aliphatic hydroxyl groups excluding tert-OH is 2. The van der Waals surface area contributed by atoms with Gasteiger partial charge in [-0.25, -0.2) is 0 Å². The van der Waals surface area contributed by atoms with Gasteiger partial charge in [-0.3, -0.25) is 0 Å². The molecule has 0 saturated carbocycles. The molecule has 0 aliphatic carbocycles. The highest BCUT2D eigenvalue weighted by Gasteiger charge is 2.42. The molecule has 10 rings (SSSR count). The number of methoxy groups -OCH3 is 1. The monoisotopic (exact) mass is 1830 g/mol. The van der Waals surface area contributed by atoms with Crippen LogP contribution in [-0.2, 0) is 66.2 Å². The van der Waals surface area contributed by atoms with Crippen LogP contribution >= 0.6 is 0 Å². The predicted molar refractivity (Wildman–Crippen MR) is 520 cm³/mol. The summed E-state index contributed by atoms with van der Waals surface area (Å²) >= 11 is 0. The van der Waals surface area contributed by atoms with Gasteiger partial charge in [0.05, 0.1) is 20.3 Å². The summed E-state index contributed by atoms with van der Waals surface area (Å²) in [4.78, 5) is 0. The zero-order valence-electron chi connectivity index (χ0n) is 76.9. The van der Waals surface area contributed by atoms with E-state index >= 15 is 0 Å². The lowest BCUT2D eigenvalue weighted by Gasteiger charge is -2.34. The lowest BCUT2D eigenvalue weighted by molar-refractivity contribution is 0.275. The van der Waals surface area contributed by atoms with Crippen molar-refractivity contribution in [3.05, 3.63) is 280 Å². The first-order valence-corrected chi connectivity index (χ1v) is 66.5. The number of aryl methyl sites for hydroxylation is 4. The summed E-state index contributed by atoms with van der Waals surface area (Å²) in [5.41, 5.74) is 9.81. The van der Waals surface area contributed by atoms with Crippen molar-refractivity contribution in [3.63, 3.8) is 0 Å². The van der Waals surface area contributed by atoms with Gasteiger partial charge in [0, 0.05) is 34.1 Å². The number of para-hydroxylation sites is 1. The molecule has 0 heterocycles. The molecule has 0 amide bonds. The van der Waals surface area contributed by atoms with Crippen LogP contribution in [-0.4, -0.2) is 126 Å². The van der Waals surface area contributed by atoms with E-state index in [9.17, 15) is 51.1 Å². The van der Waals surface area contributed by atoms with Gasteiger partial charge in [-0.15, -0.1) is 0 Å². The predicted octanol–water partition coefficient (Wildman–Crippen LogP) is 23.8. The molecule has 0 saturated heterocycles. The first kappa shape index (κ1) is 102. The zero-order valence-corrected chi connectivity index (χ0v) is 84.9. The molecule has 10 aromatic rings. The van der Waals surface area contributed by atoms with Gasteiger partial charge in [-0.05, 0) is 340 Å². The van der Waals surface area contributed by atoms with Crippen LogP contribution in [0.1, 0.15) is 109 Å². The third-order valence-electron chi connectivity index (χ3n) is 21.3. The van der Waals surface area contributed by atoms with Gasteiger partial charge < -0.3 is 90.0 Å². The van der Waals surface area contributed by atoms with E-state index in [1.807, 2.05) is 156 Å². The maximum atomic E-state index is 9.92. The molecule has 0 fully saturated rings. The molecule has 10 aromatic carbocycles. The molecule has 0 radical (unpaired) electrons. The third kappa shape index (κ3) is 34.5. The Kier molecular flexibility index (Phi) is 37.1. The number of phenolic OH excluding ortho intramolecular Hbond substituents is 6. The highest BCUT2D eigenvalue weighted by Crippen LogP contribution is 2.39. The highest BCUT2D eigenvalue weighted by molar-refractivity contribution is 6.85. The maximum absolute atomic E-state index is 9.92. The average molecular weight is 1830 g/mol. The highest BCUT2D eigenvalue weighted by atomic mass is 28.5. The largest absolute Gasteiger partial charge is 0.521 e. The van der Waals surface area contributed by atoms with Crippen molar-refractivity contribution in [3.8, 4) is 74.7 Å². The van der Waals surface area contributed by atoms with Crippen molar-refractivity contribution in [1.29, 1.82) is 0 Å². The third-order valence-corrected chi connectivity index (χ3v) is 47.2. The molecule has 0 bridgehead atoms. The second kappa shape index (κ2) is 45.0. The average Bonchev–Trinajstić information content (AvgIpc) is 0.800. The minimum atomic E-state index is -2.57. The molecular weight excluding hydrogens is 1690 g/mol. The Hall–Kier alpha value is -8.90. The molecule has 27 heteroatoms. The normalized spacial score (nSPS) is 12.3. The Balaban J connectivity index is 0.000000232. The Bertz CT molecular complexity index is 4720. The number of aromatic hydroxyl groups is 8. The zero-order chi connectivity index (χ0) is 91.7. The fraction of sp³-hybridized carbons (Fsp3) is 0.381. The number of phenols is 8. The lowest BCUT2D eigenvalue weighted by atomic mass is 9.78. The Morgan fingerprint density at radius 3 is 0.887 bits per heavy atom. The first-order chi connectivity index (χ1) is 57.9. The van der Waals surface area contributed by atoms with E-state index in [1.54, 1.807) is 104 Å². The van der Waals surface area contributed by atoms with Crippen molar-refractivity contribution in [2.45, 2.75) is 232 Å². The van der Waals surface area contributed by atoms with Gasteiger partial charge in [0.15, 0.2) is 44.8 Å². The van der Waals surface area contributed by atoms with Crippen molar-refractivity contribution < 1.29 is 90.0 Å². The summed E-state index contributed by atoms with van der Waals surface area (Å²) < 4.78 is 56.1. The molecule has 0 aliphatic heterocycles. The Morgan fingerprint density at radius 2 is 0.565 bits per heavy atom. The molecule has 19 nitrogen and oxygen atoms in total. The Labute approximate surface area is 746 Å². The molecular formula is C97H138O19Si8. The van der Waals surface area contributed by atoms with Crippen molar-refractivity contribution in [1.82, 2.24) is 0 Å². The molecule has 0 unspecified atom stereocenters. The van der Waals surface area contributed by atoms with Crippen molar-refractivity contribution in [2.24, 2.45) is 0 Å². The minimum absolute atomic E-state index is 0.135. The summed E-state index contributed by atoms with van der Waals surface area (Å²) in [7, 11) is -15.6. The van der Waals surface area contributed by atoms with Gasteiger partial charge >= 0.3 is 34.2 Å². The van der Waals surface area contributed by atoms with Crippen LogP contribution < -0.4 is 22.4 Å². The molecule has 0 aromatic heterocycles. The quantitative estimate of drug-likeness (QED) is 0.0160. The summed E-state index contributed by atoms with van der Waals surface area (Å²) in [6.45, 7) is 42.8. The van der Waals surface area contributed by atoms with Crippen LogP contribution in [0.2, 0.25) is 129 Å². The van der Waals surface area contributed by atoms with Crippen LogP contribution in [0.4, 0.5) is 0 Å². The maximum Gasteiger partial charge on any atom is 0.384 e. The van der Waals surface area contributed by atoms with Gasteiger partial charge in [-0.1, -0.05) is 125 Å². The smallest absolute Gasteiger partial charge is 0.384 e. The fourth-order valence-electron chi connectivity index (χ4n) is 15.5. The van der Waals surface area contributed by atoms with E-state index in [2.05, 4.69) is 104 Å². The standard InChI is InChI=1S/C34H42O5Si2.C24H38O5Si2.C23H36O4Si2.C16H22O5Si2/c1-33(2,25-9-17-29(35)18-10-25)27-13-21-31(22-14-27)37-40(5,6)39-41(7,8)38-32-23-15-28(16-24-32)34(3,4)26-11-19-30(36)20-12-26;1-28-24-17-20(11-13-23(24)27)9-7-15-31(4,5)29-30(2,3)14-6-8-19-10-12-22(26)21(16-19)18-25;1-28(2,15-7-9-19-13-14-23(26)21(17-19)18-24)27-29(3,4)16-8-11-20-10-5-6-12-22(20)25;1-22(2,19-15-9-5-7-13(17)11-15)21-23(3,4)20-16-10-6-8-14(18)12-16/h9-24,35-36H,1-8H3;10-13,16-17,25-27H,6-9,14-15,18H2,1-5H3;5-6,10,12-14,17,24-26H,7-9,11,15-16,18H2,1-4H3;5-12,17-18H,1-4H3. The van der Waals surface area contributed by atoms with Crippen LogP contribution in [0.25, 0.3) is 0 Å². The molecule has 10 N–H and O–H groups in total. The van der Waals surface area contributed by atoms with E-state index in [-0.39, 0.29) is 64.3 Å². The van der Waals surface area contributed by atoms with Crippen LogP contribution in [0.5, 0.6) is 74.7 Å². The number of hydrogen-bond acceptors (Lipinski definition) is 19. The molecule has 124 heavy (non-hydrogen) atoms. The van der Waals surface area contributed by atoms with Gasteiger partial charge in [0.1, 0.15) is 63.2 Å². The summed E-state index contributed by atoms with van der Waals surface area (Å²) in [6, 6.07) is 72.9. The lowest BCUT2D eigenvalue weighted by Crippen LogP contribution is -2.52. The SMILES string of the molecule is CC(C)(c1ccc(O)cc1)c1ccc(O[Si](C)(C)O[Si](C)(C)Oc2ccc(C(C)(C)c3ccc(O)cc3)cc2)cc1.COc1cc(CCC[Si](C)(C)O[Si](C)(C)CCCc2ccc(O)c(CO)c2)ccc1O.C[Si](C)(CCCc1ccc(O)c(CO)c1)O[Si](C)(C)CCCc1ccccc1O.C[Si](C)(Oc1cccc(O)c1)O[Si](C)(C)Oc1cccc(O)c1. The van der Waals surface area contributed by atoms with E-state index in [0.717, 1.165) is 126 Å². The van der Waals surface area contributed by atoms with E-state index in [4.69, 9.17) is 38.9 Å². The van der Waals surface area contributed by atoms with Gasteiger partial charge in [0.2, 0.25) is 0 Å². The first-order valence-electron chi connectivity index (χ1n) is 42.8. The van der Waals surface area contributed by atoms with Crippen molar-refractivity contribution >= 4 is 67.5 Å². The minimum Gasteiger partial charge on any atom is -0.521 e. The number of ether oxygens (including phenoxy) is 1. The van der Waals surface area contributed by atoms with Crippen molar-refractivity contribution in [2.75, 3.05) is 7.11 Å². The second-order valence-electron chi connectivity index (χ2n) is 37.1. The number of benzene rings is 10. The number of aliphatic hydroxyl groups is 2. The van der Waals surface area contributed by atoms with Gasteiger partial charge in [0.25, 0.3) is 0 Å². The second-order valence-corrected chi connectivity index (χ2v) is 68.5. The number of rotatable bonds is 39. The fourth-order valence-corrected chi connectivity index (χ4v) is 46.1. The van der Waals surface area contributed by atoms with E-state index < -0.39 is 67.5 Å². The molecule has 0 atom stereocenters. The van der Waals surface area contributed by atoms with E-state index in [0.29, 0.717) is 34.1 Å². The number of hydrogen-bond donors (Lipinski definition) is 10. The van der Waals surface area contributed by atoms with E-state index in [1.165, 1.54) is 5.56 Å². The summed E-state index contributed by atoms with van der Waals surface area (Å²) in [6.07, 6.45) is 7.91. The Morgan fingerprint density at radius 1 is 0.266 bits per heavy atom. The molecule has 0 spiro atoms. The topological polar surface area (TPSA) is 285 Å².